The summed E-state index contributed by atoms with van der Waals surface area (Å²) in [5.41, 5.74) is 1.62. The van der Waals surface area contributed by atoms with Crippen molar-refractivity contribution in [3.63, 3.8) is 0 Å². The van der Waals surface area contributed by atoms with Crippen molar-refractivity contribution in [3.05, 3.63) is 51.2 Å². The van der Waals surface area contributed by atoms with Crippen LogP contribution < -0.4 is 10.2 Å². The van der Waals surface area contributed by atoms with Crippen LogP contribution in [0.15, 0.2) is 41.6 Å². The highest BCUT2D eigenvalue weighted by Gasteiger charge is 2.32. The summed E-state index contributed by atoms with van der Waals surface area (Å²) >= 11 is 7.05. The molecule has 2 aliphatic heterocycles. The van der Waals surface area contributed by atoms with Crippen molar-refractivity contribution in [3.8, 4) is 0 Å². The van der Waals surface area contributed by atoms with E-state index in [1.54, 1.807) is 17.0 Å². The Kier molecular flexibility index (Phi) is 5.59. The summed E-state index contributed by atoms with van der Waals surface area (Å²) in [5.74, 6) is 0.515. The van der Waals surface area contributed by atoms with Crippen LogP contribution in [0.5, 0.6) is 0 Å². The van der Waals surface area contributed by atoms with Crippen LogP contribution in [-0.4, -0.2) is 62.1 Å². The molecule has 0 spiro atoms. The summed E-state index contributed by atoms with van der Waals surface area (Å²) < 4.78 is 5.93. The van der Waals surface area contributed by atoms with Gasteiger partial charge in [-0.25, -0.2) is 4.79 Å². The molecule has 1 fully saturated rings. The molecule has 152 valence electrons. The van der Waals surface area contributed by atoms with Gasteiger partial charge in [-0.15, -0.1) is 11.3 Å². The predicted molar refractivity (Wildman–Crippen MR) is 111 cm³/mol. The van der Waals surface area contributed by atoms with E-state index in [1.807, 2.05) is 36.2 Å². The first kappa shape index (κ1) is 19.5. The van der Waals surface area contributed by atoms with Crippen molar-refractivity contribution >= 4 is 46.5 Å². The highest BCUT2D eigenvalue weighted by Crippen LogP contribution is 2.24. The zero-order valence-corrected chi connectivity index (χ0v) is 17.2. The van der Waals surface area contributed by atoms with Gasteiger partial charge >= 0.3 is 6.09 Å². The molecule has 8 nitrogen and oxygen atoms in total. The lowest BCUT2D eigenvalue weighted by Crippen LogP contribution is -2.34. The number of nitrogens with zero attached hydrogens (tertiary/aromatic N) is 3. The van der Waals surface area contributed by atoms with Gasteiger partial charge in [-0.2, -0.15) is 0 Å². The number of hydrogen-bond acceptors (Lipinski definition) is 7. The average Bonchev–Trinajstić information content (AvgIpc) is 3.32. The topological polar surface area (TPSA) is 83.5 Å². The largest absolute Gasteiger partial charge is 0.442 e. The van der Waals surface area contributed by atoms with E-state index in [-0.39, 0.29) is 12.5 Å². The number of rotatable bonds is 5. The molecule has 1 aromatic heterocycles. The maximum Gasteiger partial charge on any atom is 0.414 e. The second kappa shape index (κ2) is 8.30. The maximum atomic E-state index is 12.3. The van der Waals surface area contributed by atoms with Crippen LogP contribution in [0.4, 0.5) is 10.5 Å². The Labute approximate surface area is 176 Å². The SMILES string of the molecule is CN1CCON=C1c1ccc(N2CC(CNC(=O)c3ccc(Cl)s3)OC2=O)cc1. The van der Waals surface area contributed by atoms with Gasteiger partial charge in [0.1, 0.15) is 12.7 Å². The lowest BCUT2D eigenvalue weighted by molar-refractivity contribution is 0.0920. The van der Waals surface area contributed by atoms with Crippen LogP contribution in [0.25, 0.3) is 0 Å². The second-order valence-electron chi connectivity index (χ2n) is 6.65. The smallest absolute Gasteiger partial charge is 0.414 e. The summed E-state index contributed by atoms with van der Waals surface area (Å²) in [6.07, 6.45) is -0.865. The lowest BCUT2D eigenvalue weighted by Gasteiger charge is -2.24. The van der Waals surface area contributed by atoms with Gasteiger partial charge in [0.25, 0.3) is 5.91 Å². The first-order chi connectivity index (χ1) is 14.0. The third-order valence-corrected chi connectivity index (χ3v) is 5.86. The Morgan fingerprint density at radius 2 is 2.10 bits per heavy atom. The molecule has 2 aliphatic rings. The summed E-state index contributed by atoms with van der Waals surface area (Å²) in [6, 6.07) is 10.8. The fourth-order valence-electron chi connectivity index (χ4n) is 3.09. The number of amides is 2. The zero-order valence-electron chi connectivity index (χ0n) is 15.6. The van der Waals surface area contributed by atoms with Crippen LogP contribution in [0.1, 0.15) is 15.2 Å². The molecule has 0 aliphatic carbocycles. The molecule has 2 amide bonds. The Morgan fingerprint density at radius 3 is 2.79 bits per heavy atom. The van der Waals surface area contributed by atoms with Gasteiger partial charge in [0.15, 0.2) is 5.84 Å². The van der Waals surface area contributed by atoms with Gasteiger partial charge < -0.3 is 19.8 Å². The molecule has 1 atom stereocenters. The number of benzene rings is 1. The van der Waals surface area contributed by atoms with Crippen LogP contribution in [0, 0.1) is 0 Å². The maximum absolute atomic E-state index is 12.3. The third kappa shape index (κ3) is 4.30. The summed E-state index contributed by atoms with van der Waals surface area (Å²) in [6.45, 7) is 1.92. The average molecular weight is 435 g/mol. The van der Waals surface area contributed by atoms with E-state index in [0.29, 0.717) is 22.4 Å². The Bertz CT molecular complexity index is 946. The number of likely N-dealkylation sites (N-methyl/N-ethyl adjacent to an activating group) is 1. The number of nitrogens with one attached hydrogen (secondary N) is 1. The standard InChI is InChI=1S/C19H19ClN4O4S/c1-23-8-9-27-22-17(23)12-2-4-13(5-3-12)24-11-14(28-19(24)26)10-21-18(25)15-6-7-16(20)29-15/h2-7,14H,8-11H2,1H3,(H,21,25). The van der Waals surface area contributed by atoms with Crippen LogP contribution >= 0.6 is 22.9 Å². The van der Waals surface area contributed by atoms with E-state index in [1.165, 1.54) is 11.3 Å². The molecule has 1 unspecified atom stereocenters. The molecule has 3 heterocycles. The minimum Gasteiger partial charge on any atom is -0.442 e. The summed E-state index contributed by atoms with van der Waals surface area (Å²) in [7, 11) is 1.95. The predicted octanol–water partition coefficient (Wildman–Crippen LogP) is 2.78. The summed E-state index contributed by atoms with van der Waals surface area (Å²) in [4.78, 5) is 33.6. The van der Waals surface area contributed by atoms with Gasteiger partial charge in [-0.3, -0.25) is 9.69 Å². The first-order valence-electron chi connectivity index (χ1n) is 9.04. The Balaban J connectivity index is 1.36. The molecular weight excluding hydrogens is 416 g/mol. The molecular formula is C19H19ClN4O4S. The number of anilines is 1. The van der Waals surface area contributed by atoms with Gasteiger partial charge in [0, 0.05) is 18.3 Å². The van der Waals surface area contributed by atoms with Crippen molar-refractivity contribution in [1.29, 1.82) is 0 Å². The zero-order chi connectivity index (χ0) is 20.4. The van der Waals surface area contributed by atoms with E-state index >= 15 is 0 Å². The number of oxime groups is 1. The van der Waals surface area contributed by atoms with E-state index in [0.717, 1.165) is 23.6 Å². The minimum absolute atomic E-state index is 0.230. The second-order valence-corrected chi connectivity index (χ2v) is 8.36. The molecule has 0 radical (unpaired) electrons. The normalized spacial score (nSPS) is 18.9. The number of thiophene rings is 1. The highest BCUT2D eigenvalue weighted by atomic mass is 35.5. The number of halogens is 1. The molecule has 10 heteroatoms. The molecule has 0 bridgehead atoms. The van der Waals surface area contributed by atoms with E-state index in [9.17, 15) is 9.59 Å². The van der Waals surface area contributed by atoms with E-state index < -0.39 is 12.2 Å². The number of hydrogen-bond donors (Lipinski definition) is 1. The number of amidine groups is 1. The van der Waals surface area contributed by atoms with Gasteiger partial charge in [0.05, 0.1) is 28.8 Å². The van der Waals surface area contributed by atoms with Crippen molar-refractivity contribution in [2.75, 3.05) is 38.2 Å². The number of cyclic esters (lactones) is 1. The van der Waals surface area contributed by atoms with Crippen molar-refractivity contribution in [1.82, 2.24) is 10.2 Å². The number of carbonyl (C=O) groups is 2. The van der Waals surface area contributed by atoms with Gasteiger partial charge in [-0.05, 0) is 36.4 Å². The van der Waals surface area contributed by atoms with Crippen LogP contribution in [0.3, 0.4) is 0 Å². The van der Waals surface area contributed by atoms with Gasteiger partial charge in [-0.1, -0.05) is 16.8 Å². The highest BCUT2D eigenvalue weighted by molar-refractivity contribution is 7.18. The molecule has 1 saturated heterocycles. The van der Waals surface area contributed by atoms with E-state index in [4.69, 9.17) is 21.2 Å². The minimum atomic E-state index is -0.438. The molecule has 2 aromatic rings. The van der Waals surface area contributed by atoms with Crippen molar-refractivity contribution < 1.29 is 19.2 Å². The van der Waals surface area contributed by atoms with Gasteiger partial charge in [0.2, 0.25) is 0 Å². The first-order valence-corrected chi connectivity index (χ1v) is 10.2. The monoisotopic (exact) mass is 434 g/mol. The van der Waals surface area contributed by atoms with E-state index in [2.05, 4.69) is 10.5 Å². The third-order valence-electron chi connectivity index (χ3n) is 4.63. The Morgan fingerprint density at radius 1 is 1.31 bits per heavy atom. The van der Waals surface area contributed by atoms with Crippen LogP contribution in [-0.2, 0) is 9.57 Å². The van der Waals surface area contributed by atoms with Crippen LogP contribution in [0.2, 0.25) is 4.34 Å². The fourth-order valence-corrected chi connectivity index (χ4v) is 4.05. The molecule has 29 heavy (non-hydrogen) atoms. The quantitative estimate of drug-likeness (QED) is 0.782. The van der Waals surface area contributed by atoms with Crippen molar-refractivity contribution in [2.24, 2.45) is 5.16 Å². The summed E-state index contributed by atoms with van der Waals surface area (Å²) in [5, 5.41) is 6.87. The molecule has 4 rings (SSSR count). The molecule has 1 N–H and O–H groups in total. The molecule has 1 aromatic carbocycles. The molecule has 0 saturated carbocycles. The lowest BCUT2D eigenvalue weighted by atomic mass is 10.1. The van der Waals surface area contributed by atoms with Crippen molar-refractivity contribution in [2.45, 2.75) is 6.10 Å². The number of ether oxygens (including phenoxy) is 1. The number of carbonyl (C=O) groups excluding carboxylic acids is 2. The fraction of sp³-hybridized carbons (Fsp3) is 0.316. The Hall–Kier alpha value is -2.78.